The van der Waals surface area contributed by atoms with Crippen LogP contribution in [0.2, 0.25) is 0 Å². The van der Waals surface area contributed by atoms with Gasteiger partial charge in [0.2, 0.25) is 0 Å². The first-order valence-corrected chi connectivity index (χ1v) is 9.93. The highest BCUT2D eigenvalue weighted by molar-refractivity contribution is 6.66. The average molecular weight is 458 g/mol. The number of phenolic OH excluding ortho intramolecular Hbond substituents is 1. The van der Waals surface area contributed by atoms with Gasteiger partial charge in [0.15, 0.2) is 11.6 Å². The van der Waals surface area contributed by atoms with Crippen molar-refractivity contribution in [3.05, 3.63) is 76.3 Å². The van der Waals surface area contributed by atoms with Crippen molar-refractivity contribution in [3.63, 3.8) is 0 Å². The van der Waals surface area contributed by atoms with E-state index in [0.717, 1.165) is 0 Å². The Morgan fingerprint density at radius 3 is 2.39 bits per heavy atom. The maximum atomic E-state index is 13.2. The molecule has 7 heteroatoms. The van der Waals surface area contributed by atoms with Crippen LogP contribution >= 0.6 is 46.4 Å². The van der Waals surface area contributed by atoms with Crippen molar-refractivity contribution in [2.75, 3.05) is 0 Å². The van der Waals surface area contributed by atoms with E-state index in [1.54, 1.807) is 30.4 Å². The monoisotopic (exact) mass is 456 g/mol. The van der Waals surface area contributed by atoms with Gasteiger partial charge in [-0.3, -0.25) is 9.59 Å². The van der Waals surface area contributed by atoms with E-state index in [4.69, 9.17) is 46.4 Å². The second kappa shape index (κ2) is 7.38. The lowest BCUT2D eigenvalue weighted by Gasteiger charge is -2.50. The molecule has 0 spiro atoms. The molecule has 0 fully saturated rings. The summed E-state index contributed by atoms with van der Waals surface area (Å²) in [5, 5.41) is 9.97. The number of carbonyl (C=O) groups is 2. The maximum absolute atomic E-state index is 13.2. The summed E-state index contributed by atoms with van der Waals surface area (Å²) in [6.45, 7) is 7.46. The number of alkyl halides is 2. The van der Waals surface area contributed by atoms with Gasteiger partial charge >= 0.3 is 0 Å². The van der Waals surface area contributed by atoms with E-state index in [2.05, 4.69) is 13.2 Å². The van der Waals surface area contributed by atoms with Gasteiger partial charge < -0.3 is 5.11 Å². The molecular weight excluding hydrogens is 442 g/mol. The number of para-hydroxylation sites is 1. The number of carbonyl (C=O) groups excluding carboxylic acids is 2. The first-order chi connectivity index (χ1) is 13.1. The van der Waals surface area contributed by atoms with Gasteiger partial charge in [-0.25, -0.2) is 0 Å². The molecule has 0 heterocycles. The van der Waals surface area contributed by atoms with Gasteiger partial charge in [0.05, 0.1) is 0 Å². The number of fused-ring (bicyclic) bond motifs is 1. The zero-order valence-corrected chi connectivity index (χ0v) is 17.7. The molecule has 0 saturated heterocycles. The molecule has 0 radical (unpaired) electrons. The molecule has 0 amide bonds. The predicted molar refractivity (Wildman–Crippen MR) is 114 cm³/mol. The highest BCUT2D eigenvalue weighted by Gasteiger charge is 2.68. The summed E-state index contributed by atoms with van der Waals surface area (Å²) in [6, 6.07) is 5.08. The lowest BCUT2D eigenvalue weighted by molar-refractivity contribution is -0.127. The van der Waals surface area contributed by atoms with Crippen LogP contribution in [0.1, 0.15) is 23.5 Å². The van der Waals surface area contributed by atoms with E-state index in [9.17, 15) is 14.7 Å². The van der Waals surface area contributed by atoms with Crippen molar-refractivity contribution >= 4 is 58.0 Å². The molecule has 2 aliphatic rings. The van der Waals surface area contributed by atoms with E-state index in [1.165, 1.54) is 6.08 Å². The normalized spacial score (nSPS) is 30.0. The first-order valence-electron chi connectivity index (χ1n) is 8.42. The third-order valence-corrected chi connectivity index (χ3v) is 7.52. The molecular formula is C21H16Cl4O3. The van der Waals surface area contributed by atoms with Gasteiger partial charge in [-0.15, -0.1) is 29.8 Å². The molecule has 1 N–H and O–H groups in total. The number of hydrogen-bond acceptors (Lipinski definition) is 3. The van der Waals surface area contributed by atoms with Crippen molar-refractivity contribution in [1.82, 2.24) is 0 Å². The summed E-state index contributed by atoms with van der Waals surface area (Å²) in [5.74, 6) is -2.50. The molecule has 2 aliphatic carbocycles. The second-order valence-electron chi connectivity index (χ2n) is 6.69. The van der Waals surface area contributed by atoms with Crippen LogP contribution in [0, 0.1) is 0 Å². The predicted octanol–water partition coefficient (Wildman–Crippen LogP) is 5.52. The van der Waals surface area contributed by atoms with Gasteiger partial charge in [-0.05, 0) is 24.0 Å². The van der Waals surface area contributed by atoms with Crippen molar-refractivity contribution < 1.29 is 14.7 Å². The number of ketones is 2. The van der Waals surface area contributed by atoms with E-state index in [1.807, 2.05) is 0 Å². The first kappa shape index (κ1) is 21.2. The molecule has 3 nitrogen and oxygen atoms in total. The molecule has 146 valence electrons. The Hall–Kier alpha value is -1.52. The summed E-state index contributed by atoms with van der Waals surface area (Å²) in [4.78, 5) is 22.3. The van der Waals surface area contributed by atoms with Gasteiger partial charge in [0, 0.05) is 11.5 Å². The van der Waals surface area contributed by atoms with Gasteiger partial charge in [0.25, 0.3) is 0 Å². The van der Waals surface area contributed by atoms with Crippen LogP contribution in [0.5, 0.6) is 5.75 Å². The third kappa shape index (κ3) is 2.72. The Labute approximate surface area is 182 Å². The minimum atomic E-state index is -1.98. The molecule has 3 atom stereocenters. The number of benzene rings is 1. The lowest BCUT2D eigenvalue weighted by atomic mass is 9.62. The number of allylic oxidation sites excluding steroid dienone is 6. The third-order valence-electron chi connectivity index (χ3n) is 5.27. The average Bonchev–Trinajstić information content (AvgIpc) is 2.68. The number of phenols is 1. The van der Waals surface area contributed by atoms with Crippen molar-refractivity contribution in [3.8, 4) is 5.75 Å². The Balaban J connectivity index is 2.35. The summed E-state index contributed by atoms with van der Waals surface area (Å²) in [5.41, 5.74) is 1.49. The fourth-order valence-electron chi connectivity index (χ4n) is 3.84. The van der Waals surface area contributed by atoms with Crippen LogP contribution in [-0.2, 0) is 16.0 Å². The zero-order chi connectivity index (χ0) is 20.9. The Bertz CT molecular complexity index is 978. The van der Waals surface area contributed by atoms with Gasteiger partial charge in [-0.2, -0.15) is 0 Å². The highest BCUT2D eigenvalue weighted by atomic mass is 35.5. The van der Waals surface area contributed by atoms with Gasteiger partial charge in [0.1, 0.15) is 25.6 Å². The van der Waals surface area contributed by atoms with Crippen LogP contribution in [0.15, 0.2) is 65.2 Å². The summed E-state index contributed by atoms with van der Waals surface area (Å²) in [6.07, 6.45) is 5.21. The Morgan fingerprint density at radius 1 is 1.14 bits per heavy atom. The molecule has 0 saturated carbocycles. The van der Waals surface area contributed by atoms with E-state index in [0.29, 0.717) is 23.1 Å². The number of rotatable bonds is 4. The van der Waals surface area contributed by atoms with Crippen molar-refractivity contribution in [2.24, 2.45) is 0 Å². The Morgan fingerprint density at radius 2 is 1.79 bits per heavy atom. The highest BCUT2D eigenvalue weighted by Crippen LogP contribution is 2.60. The zero-order valence-electron chi connectivity index (χ0n) is 14.6. The lowest BCUT2D eigenvalue weighted by Crippen LogP contribution is -2.64. The summed E-state index contributed by atoms with van der Waals surface area (Å²) >= 11 is 25.6. The van der Waals surface area contributed by atoms with E-state index >= 15 is 0 Å². The van der Waals surface area contributed by atoms with Crippen LogP contribution in [0.25, 0.3) is 0 Å². The summed E-state index contributed by atoms with van der Waals surface area (Å²) in [7, 11) is 0. The number of halogens is 4. The second-order valence-corrected chi connectivity index (χ2v) is 8.69. The maximum Gasteiger partial charge on any atom is 0.199 e. The summed E-state index contributed by atoms with van der Waals surface area (Å²) < 4.78 is 0. The minimum absolute atomic E-state index is 0.0337. The molecule has 3 unspecified atom stereocenters. The molecule has 28 heavy (non-hydrogen) atoms. The molecule has 0 aliphatic heterocycles. The van der Waals surface area contributed by atoms with E-state index in [-0.39, 0.29) is 12.2 Å². The number of Topliss-reactive ketones (excluding diaryl/α,β-unsaturated/α-hetero) is 2. The number of aromatic hydroxyl groups is 1. The Kier molecular flexibility index (Phi) is 5.59. The fourth-order valence-corrected chi connectivity index (χ4v) is 5.29. The van der Waals surface area contributed by atoms with Crippen LogP contribution < -0.4 is 0 Å². The quantitative estimate of drug-likeness (QED) is 0.478. The minimum Gasteiger partial charge on any atom is -0.507 e. The molecule has 1 aromatic carbocycles. The van der Waals surface area contributed by atoms with Crippen molar-refractivity contribution in [2.45, 2.75) is 28.5 Å². The van der Waals surface area contributed by atoms with Crippen molar-refractivity contribution in [1.29, 1.82) is 0 Å². The largest absolute Gasteiger partial charge is 0.507 e. The molecule has 1 aromatic rings. The van der Waals surface area contributed by atoms with Crippen LogP contribution in [-0.4, -0.2) is 26.4 Å². The van der Waals surface area contributed by atoms with Crippen LogP contribution in [0.4, 0.5) is 0 Å². The van der Waals surface area contributed by atoms with Gasteiger partial charge in [-0.1, -0.05) is 66.2 Å². The molecule has 0 aromatic heterocycles. The number of hydrogen-bond donors (Lipinski definition) is 1. The standard InChI is InChI=1S/C21H16Cl4O3/c1-3-6-12-7-5-8-13(17(12)26)14-11(4-2)9-10-20(24)18(27)15(22)16(23)19(28)21(14,20)25/h3-5,7-9,14,26H,1-2,6,10H2. The van der Waals surface area contributed by atoms with E-state index < -0.39 is 37.3 Å². The smallest absolute Gasteiger partial charge is 0.199 e. The fraction of sp³-hybridized carbons (Fsp3) is 0.238. The SMILES string of the molecule is C=CCc1cccc(C2C(C=C)=CCC3(Cl)C(=O)C(Cl)=C(Cl)C(=O)C23Cl)c1O. The van der Waals surface area contributed by atoms with Crippen LogP contribution in [0.3, 0.4) is 0 Å². The topological polar surface area (TPSA) is 54.4 Å². The molecule has 3 rings (SSSR count). The molecule has 0 bridgehead atoms.